The van der Waals surface area contributed by atoms with Crippen molar-refractivity contribution in [3.05, 3.63) is 60.1 Å². The van der Waals surface area contributed by atoms with Gasteiger partial charge in [-0.2, -0.15) is 11.8 Å². The highest BCUT2D eigenvalue weighted by atomic mass is 32.2. The highest BCUT2D eigenvalue weighted by Gasteiger charge is 2.23. The molecule has 0 spiro atoms. The fourth-order valence-corrected chi connectivity index (χ4v) is 3.21. The Morgan fingerprint density at radius 2 is 1.89 bits per heavy atom. The van der Waals surface area contributed by atoms with Gasteiger partial charge in [-0.25, -0.2) is 0 Å². The van der Waals surface area contributed by atoms with E-state index in [1.807, 2.05) is 50.7 Å². The first-order valence-corrected chi connectivity index (χ1v) is 10.2. The average molecular weight is 390 g/mol. The maximum Gasteiger partial charge on any atom is 0.287 e. The van der Waals surface area contributed by atoms with E-state index in [9.17, 15) is 9.59 Å². The number of thioether (sulfide) groups is 1. The van der Waals surface area contributed by atoms with Crippen LogP contribution in [0.15, 0.2) is 53.1 Å². The van der Waals surface area contributed by atoms with Crippen molar-refractivity contribution in [2.45, 2.75) is 18.5 Å². The van der Waals surface area contributed by atoms with E-state index in [1.165, 1.54) is 6.26 Å². The van der Waals surface area contributed by atoms with E-state index >= 15 is 0 Å². The molecule has 0 saturated carbocycles. The smallest absolute Gasteiger partial charge is 0.287 e. The number of likely N-dealkylation sites (N-methyl/N-ethyl adjacent to an activating group) is 1. The molecule has 1 aromatic carbocycles. The predicted octanol–water partition coefficient (Wildman–Crippen LogP) is 2.55. The van der Waals surface area contributed by atoms with Gasteiger partial charge in [-0.1, -0.05) is 30.3 Å². The number of carbonyl (C=O) groups is 2. The van der Waals surface area contributed by atoms with Crippen molar-refractivity contribution in [1.29, 1.82) is 0 Å². The number of nitrogens with zero attached hydrogens (tertiary/aromatic N) is 1. The predicted molar refractivity (Wildman–Crippen MR) is 109 cm³/mol. The van der Waals surface area contributed by atoms with Crippen LogP contribution in [0.4, 0.5) is 0 Å². The molecule has 0 saturated heterocycles. The van der Waals surface area contributed by atoms with Crippen LogP contribution in [0.1, 0.15) is 28.6 Å². The van der Waals surface area contributed by atoms with E-state index in [1.54, 1.807) is 23.9 Å². The molecular formula is C20H27N3O3S. The Morgan fingerprint density at radius 1 is 1.15 bits per heavy atom. The third-order valence-electron chi connectivity index (χ3n) is 4.25. The highest BCUT2D eigenvalue weighted by molar-refractivity contribution is 7.98. The van der Waals surface area contributed by atoms with E-state index < -0.39 is 6.04 Å². The van der Waals surface area contributed by atoms with E-state index in [0.717, 1.165) is 11.3 Å². The van der Waals surface area contributed by atoms with Crippen LogP contribution in [0.2, 0.25) is 0 Å². The number of hydrogen-bond donors (Lipinski definition) is 2. The summed E-state index contributed by atoms with van der Waals surface area (Å²) in [5.74, 6) is 0.402. The molecule has 146 valence electrons. The molecule has 2 atom stereocenters. The third-order valence-corrected chi connectivity index (χ3v) is 4.90. The standard InChI is InChI=1S/C20H27N3O3S/c1-23(2)17(15-8-5-4-6-9-15)14-21-19(24)16(11-13-27-3)22-20(25)18-10-7-12-26-18/h4-10,12,16-17H,11,13-14H2,1-3H3,(H,21,24)(H,22,25)/t16-,17-/m0/s1. The van der Waals surface area contributed by atoms with Crippen molar-refractivity contribution >= 4 is 23.6 Å². The second kappa shape index (κ2) is 10.8. The quantitative estimate of drug-likeness (QED) is 0.653. The molecule has 2 aromatic rings. The van der Waals surface area contributed by atoms with Gasteiger partial charge in [0.15, 0.2) is 5.76 Å². The number of carbonyl (C=O) groups excluding carboxylic acids is 2. The first-order chi connectivity index (χ1) is 13.0. The lowest BCUT2D eigenvalue weighted by Crippen LogP contribution is -2.48. The fourth-order valence-electron chi connectivity index (χ4n) is 2.74. The van der Waals surface area contributed by atoms with Crippen molar-refractivity contribution in [2.24, 2.45) is 0 Å². The number of rotatable bonds is 10. The topological polar surface area (TPSA) is 74.6 Å². The van der Waals surface area contributed by atoms with Crippen LogP contribution in [-0.2, 0) is 4.79 Å². The Kier molecular flexibility index (Phi) is 8.42. The molecule has 0 aliphatic heterocycles. The van der Waals surface area contributed by atoms with Crippen molar-refractivity contribution in [2.75, 3.05) is 32.6 Å². The van der Waals surface area contributed by atoms with Crippen LogP contribution < -0.4 is 10.6 Å². The Balaban J connectivity index is 2.00. The zero-order valence-electron chi connectivity index (χ0n) is 16.0. The molecule has 0 fully saturated rings. The largest absolute Gasteiger partial charge is 0.459 e. The lowest BCUT2D eigenvalue weighted by molar-refractivity contribution is -0.123. The number of hydrogen-bond acceptors (Lipinski definition) is 5. The second-order valence-corrected chi connectivity index (χ2v) is 7.41. The molecule has 2 amide bonds. The van der Waals surface area contributed by atoms with E-state index in [4.69, 9.17) is 4.42 Å². The van der Waals surface area contributed by atoms with Gasteiger partial charge in [0.05, 0.1) is 12.3 Å². The van der Waals surface area contributed by atoms with Gasteiger partial charge in [-0.15, -0.1) is 0 Å². The van der Waals surface area contributed by atoms with Gasteiger partial charge < -0.3 is 20.0 Å². The maximum atomic E-state index is 12.7. The van der Waals surface area contributed by atoms with Gasteiger partial charge in [-0.3, -0.25) is 9.59 Å². The summed E-state index contributed by atoms with van der Waals surface area (Å²) in [6, 6.07) is 12.7. The molecule has 0 aliphatic rings. The van der Waals surface area contributed by atoms with Crippen molar-refractivity contribution in [3.8, 4) is 0 Å². The van der Waals surface area contributed by atoms with Gasteiger partial charge in [0.2, 0.25) is 5.91 Å². The summed E-state index contributed by atoms with van der Waals surface area (Å²) in [7, 11) is 3.96. The van der Waals surface area contributed by atoms with E-state index in [0.29, 0.717) is 13.0 Å². The van der Waals surface area contributed by atoms with Gasteiger partial charge in [-0.05, 0) is 50.2 Å². The van der Waals surface area contributed by atoms with Crippen LogP contribution in [-0.4, -0.2) is 55.4 Å². The molecule has 6 nitrogen and oxygen atoms in total. The summed E-state index contributed by atoms with van der Waals surface area (Å²) >= 11 is 1.64. The minimum atomic E-state index is -0.603. The van der Waals surface area contributed by atoms with Crippen molar-refractivity contribution < 1.29 is 14.0 Å². The number of amides is 2. The van der Waals surface area contributed by atoms with Gasteiger partial charge >= 0.3 is 0 Å². The Hall–Kier alpha value is -2.25. The molecule has 0 bridgehead atoms. The summed E-state index contributed by atoms with van der Waals surface area (Å²) in [6.07, 6.45) is 3.96. The van der Waals surface area contributed by atoms with Crippen LogP contribution in [0.5, 0.6) is 0 Å². The average Bonchev–Trinajstić information content (AvgIpc) is 3.20. The zero-order valence-corrected chi connectivity index (χ0v) is 16.8. The molecule has 2 N–H and O–H groups in total. The Labute approximate surface area is 164 Å². The molecule has 0 unspecified atom stereocenters. The number of nitrogens with one attached hydrogen (secondary N) is 2. The van der Waals surface area contributed by atoms with Crippen LogP contribution in [0.3, 0.4) is 0 Å². The first kappa shape index (κ1) is 21.1. The number of furan rings is 1. The summed E-state index contributed by atoms with van der Waals surface area (Å²) in [6.45, 7) is 0.461. The Bertz CT molecular complexity index is 705. The Morgan fingerprint density at radius 3 is 2.48 bits per heavy atom. The lowest BCUT2D eigenvalue weighted by Gasteiger charge is -2.26. The van der Waals surface area contributed by atoms with Crippen molar-refractivity contribution in [3.63, 3.8) is 0 Å². The first-order valence-electron chi connectivity index (χ1n) is 8.85. The summed E-state index contributed by atoms with van der Waals surface area (Å²) in [5.41, 5.74) is 1.13. The third kappa shape index (κ3) is 6.45. The lowest BCUT2D eigenvalue weighted by atomic mass is 10.1. The van der Waals surface area contributed by atoms with Crippen LogP contribution in [0, 0.1) is 0 Å². The zero-order chi connectivity index (χ0) is 19.6. The maximum absolute atomic E-state index is 12.7. The molecule has 7 heteroatoms. The fraction of sp³-hybridized carbons (Fsp3) is 0.400. The minimum absolute atomic E-state index is 0.0529. The molecular weight excluding hydrogens is 362 g/mol. The molecule has 0 aliphatic carbocycles. The van der Waals surface area contributed by atoms with Crippen LogP contribution in [0.25, 0.3) is 0 Å². The van der Waals surface area contributed by atoms with Gasteiger partial charge in [0.1, 0.15) is 6.04 Å². The molecule has 0 radical (unpaired) electrons. The normalized spacial score (nSPS) is 13.2. The summed E-state index contributed by atoms with van der Waals surface area (Å²) < 4.78 is 5.11. The molecule has 2 rings (SSSR count). The highest BCUT2D eigenvalue weighted by Crippen LogP contribution is 2.16. The summed E-state index contributed by atoms with van der Waals surface area (Å²) in [5, 5.41) is 5.76. The van der Waals surface area contributed by atoms with E-state index in [-0.39, 0.29) is 23.6 Å². The monoisotopic (exact) mass is 389 g/mol. The van der Waals surface area contributed by atoms with Gasteiger partial charge in [0.25, 0.3) is 5.91 Å². The van der Waals surface area contributed by atoms with Crippen LogP contribution >= 0.6 is 11.8 Å². The second-order valence-electron chi connectivity index (χ2n) is 6.42. The SMILES string of the molecule is CSCC[C@H](NC(=O)c1ccco1)C(=O)NC[C@@H](c1ccccc1)N(C)C. The molecule has 1 aromatic heterocycles. The molecule has 27 heavy (non-hydrogen) atoms. The van der Waals surface area contributed by atoms with E-state index in [2.05, 4.69) is 15.5 Å². The van der Waals surface area contributed by atoms with Gasteiger partial charge in [0, 0.05) is 6.54 Å². The summed E-state index contributed by atoms with van der Waals surface area (Å²) in [4.78, 5) is 27.0. The molecule has 1 heterocycles. The number of benzene rings is 1. The van der Waals surface area contributed by atoms with Crippen molar-refractivity contribution in [1.82, 2.24) is 15.5 Å². The minimum Gasteiger partial charge on any atom is -0.459 e.